The molecule has 0 N–H and O–H groups in total. The molecule has 2 aromatic rings. The monoisotopic (exact) mass is 283 g/mol. The summed E-state index contributed by atoms with van der Waals surface area (Å²) in [5.41, 5.74) is 2.49. The van der Waals surface area contributed by atoms with E-state index >= 15 is 0 Å². The molecule has 108 valence electrons. The van der Waals surface area contributed by atoms with E-state index in [9.17, 15) is 9.70 Å². The van der Waals surface area contributed by atoms with Crippen LogP contribution in [0.2, 0.25) is 0 Å². The molecule has 0 aliphatic rings. The predicted molar refractivity (Wildman–Crippen MR) is 81.1 cm³/mol. The molecule has 4 nitrogen and oxygen atoms in total. The Labute approximate surface area is 123 Å². The number of carbonyl (C=O) groups excluding carboxylic acids is 1. The molecule has 0 bridgehead atoms. The van der Waals surface area contributed by atoms with Crippen LogP contribution in [0.3, 0.4) is 0 Å². The van der Waals surface area contributed by atoms with Crippen molar-refractivity contribution in [2.24, 2.45) is 5.18 Å². The molecule has 0 atom stereocenters. The number of aryl methyl sites for hydroxylation is 1. The maximum Gasteiger partial charge on any atom is 0.306 e. The first-order chi connectivity index (χ1) is 10.3. The molecule has 0 aliphatic carbocycles. The second kappa shape index (κ2) is 7.94. The van der Waals surface area contributed by atoms with Crippen LogP contribution < -0.4 is 0 Å². The fraction of sp³-hybridized carbons (Fsp3) is 0.235. The molecule has 0 saturated carbocycles. The van der Waals surface area contributed by atoms with E-state index in [2.05, 4.69) is 5.18 Å². The van der Waals surface area contributed by atoms with Gasteiger partial charge in [-0.3, -0.25) is 4.79 Å². The molecule has 0 aliphatic heterocycles. The maximum absolute atomic E-state index is 11.6. The van der Waals surface area contributed by atoms with Crippen LogP contribution in [-0.4, -0.2) is 5.97 Å². The van der Waals surface area contributed by atoms with Crippen molar-refractivity contribution in [2.75, 3.05) is 0 Å². The van der Waals surface area contributed by atoms with Crippen molar-refractivity contribution < 1.29 is 9.53 Å². The third kappa shape index (κ3) is 5.18. The van der Waals surface area contributed by atoms with Crippen LogP contribution in [0.15, 0.2) is 59.8 Å². The molecule has 0 amide bonds. The highest BCUT2D eigenvalue weighted by molar-refractivity contribution is 5.69. The molecule has 0 fully saturated rings. The van der Waals surface area contributed by atoms with E-state index in [4.69, 9.17) is 4.74 Å². The standard InChI is InChI=1S/C17H17NO3/c19-17(21-13-15-5-2-1-3-6-15)8-4-7-14-9-11-16(18-20)12-10-14/h1-3,5-6,9-12H,4,7-8,13H2. The summed E-state index contributed by atoms with van der Waals surface area (Å²) >= 11 is 0. The van der Waals surface area contributed by atoms with Gasteiger partial charge in [-0.2, -0.15) is 0 Å². The fourth-order valence-corrected chi connectivity index (χ4v) is 1.97. The zero-order chi connectivity index (χ0) is 14.9. The van der Waals surface area contributed by atoms with E-state index in [1.54, 1.807) is 12.1 Å². The largest absolute Gasteiger partial charge is 0.461 e. The smallest absolute Gasteiger partial charge is 0.306 e. The molecule has 0 heterocycles. The quantitative estimate of drug-likeness (QED) is 0.566. The lowest BCUT2D eigenvalue weighted by Crippen LogP contribution is -2.04. The summed E-state index contributed by atoms with van der Waals surface area (Å²) in [4.78, 5) is 21.9. The van der Waals surface area contributed by atoms with Crippen LogP contribution in [0.5, 0.6) is 0 Å². The van der Waals surface area contributed by atoms with Crippen molar-refractivity contribution in [3.63, 3.8) is 0 Å². The Morgan fingerprint density at radius 1 is 0.952 bits per heavy atom. The minimum Gasteiger partial charge on any atom is -0.461 e. The third-order valence-corrected chi connectivity index (χ3v) is 3.13. The van der Waals surface area contributed by atoms with Gasteiger partial charge in [0.15, 0.2) is 0 Å². The minimum atomic E-state index is -0.190. The first-order valence-electron chi connectivity index (χ1n) is 6.90. The summed E-state index contributed by atoms with van der Waals surface area (Å²) in [6.45, 7) is 0.319. The fourth-order valence-electron chi connectivity index (χ4n) is 1.97. The van der Waals surface area contributed by atoms with E-state index in [0.29, 0.717) is 18.7 Å². The Bertz CT molecular complexity index is 579. The SMILES string of the molecule is O=Nc1ccc(CCCC(=O)OCc2ccccc2)cc1. The first kappa shape index (κ1) is 14.9. The highest BCUT2D eigenvalue weighted by Crippen LogP contribution is 2.14. The van der Waals surface area contributed by atoms with Crippen LogP contribution in [0.1, 0.15) is 24.0 Å². The van der Waals surface area contributed by atoms with Crippen LogP contribution in [0.25, 0.3) is 0 Å². The van der Waals surface area contributed by atoms with Crippen molar-refractivity contribution in [1.82, 2.24) is 0 Å². The highest BCUT2D eigenvalue weighted by atomic mass is 16.5. The van der Waals surface area contributed by atoms with Crippen LogP contribution in [0.4, 0.5) is 5.69 Å². The number of nitrogens with zero attached hydrogens (tertiary/aromatic N) is 1. The van der Waals surface area contributed by atoms with Gasteiger partial charge >= 0.3 is 5.97 Å². The zero-order valence-electron chi connectivity index (χ0n) is 11.7. The van der Waals surface area contributed by atoms with E-state index < -0.39 is 0 Å². The number of rotatable bonds is 7. The minimum absolute atomic E-state index is 0.190. The lowest BCUT2D eigenvalue weighted by molar-refractivity contribution is -0.145. The molecule has 0 spiro atoms. The van der Waals surface area contributed by atoms with Crippen LogP contribution >= 0.6 is 0 Å². The molecule has 0 aromatic heterocycles. The first-order valence-corrected chi connectivity index (χ1v) is 6.90. The second-order valence-electron chi connectivity index (χ2n) is 4.76. The third-order valence-electron chi connectivity index (χ3n) is 3.13. The average molecular weight is 283 g/mol. The zero-order valence-corrected chi connectivity index (χ0v) is 11.7. The molecule has 21 heavy (non-hydrogen) atoms. The van der Waals surface area contributed by atoms with Gasteiger partial charge < -0.3 is 4.74 Å². The molecule has 0 unspecified atom stereocenters. The molecule has 2 aromatic carbocycles. The summed E-state index contributed by atoms with van der Waals surface area (Å²) < 4.78 is 5.21. The summed E-state index contributed by atoms with van der Waals surface area (Å²) in [6.07, 6.45) is 1.89. The van der Waals surface area contributed by atoms with E-state index in [-0.39, 0.29) is 5.97 Å². The van der Waals surface area contributed by atoms with Gasteiger partial charge in [0.25, 0.3) is 0 Å². The number of hydrogen-bond donors (Lipinski definition) is 0. The van der Waals surface area contributed by atoms with Crippen LogP contribution in [0, 0.1) is 4.91 Å². The highest BCUT2D eigenvalue weighted by Gasteiger charge is 2.04. The molecule has 0 saturated heterocycles. The van der Waals surface area contributed by atoms with E-state index in [1.807, 2.05) is 42.5 Å². The topological polar surface area (TPSA) is 55.7 Å². The van der Waals surface area contributed by atoms with Gasteiger partial charge in [-0.1, -0.05) is 42.5 Å². The molecule has 0 radical (unpaired) electrons. The van der Waals surface area contributed by atoms with Crippen molar-refractivity contribution >= 4 is 11.7 Å². The number of ether oxygens (including phenoxy) is 1. The summed E-state index contributed by atoms with van der Waals surface area (Å²) in [7, 11) is 0. The Kier molecular flexibility index (Phi) is 5.64. The number of benzene rings is 2. The second-order valence-corrected chi connectivity index (χ2v) is 4.76. The Balaban J connectivity index is 1.68. The van der Waals surface area contributed by atoms with Crippen molar-refractivity contribution in [3.05, 3.63) is 70.6 Å². The van der Waals surface area contributed by atoms with Crippen LogP contribution in [-0.2, 0) is 22.6 Å². The van der Waals surface area contributed by atoms with Gasteiger partial charge in [0.05, 0.1) is 0 Å². The normalized spacial score (nSPS) is 10.1. The summed E-state index contributed by atoms with van der Waals surface area (Å²) in [5.74, 6) is -0.190. The van der Waals surface area contributed by atoms with Gasteiger partial charge in [-0.25, -0.2) is 0 Å². The maximum atomic E-state index is 11.6. The summed E-state index contributed by atoms with van der Waals surface area (Å²) in [6, 6.07) is 16.7. The van der Waals surface area contributed by atoms with Crippen molar-refractivity contribution in [3.8, 4) is 0 Å². The molecule has 4 heteroatoms. The Hall–Kier alpha value is -2.49. The number of hydrogen-bond acceptors (Lipinski definition) is 4. The lowest BCUT2D eigenvalue weighted by Gasteiger charge is -2.05. The molecule has 2 rings (SSSR count). The number of esters is 1. The molecular weight excluding hydrogens is 266 g/mol. The van der Waals surface area contributed by atoms with Gasteiger partial charge in [-0.05, 0) is 41.3 Å². The van der Waals surface area contributed by atoms with E-state index in [0.717, 1.165) is 24.0 Å². The predicted octanol–water partition coefficient (Wildman–Crippen LogP) is 4.15. The summed E-state index contributed by atoms with van der Waals surface area (Å²) in [5, 5.41) is 2.85. The number of nitroso groups, excluding NO2 is 1. The van der Waals surface area contributed by atoms with Gasteiger partial charge in [0.2, 0.25) is 0 Å². The van der Waals surface area contributed by atoms with Crippen molar-refractivity contribution in [1.29, 1.82) is 0 Å². The Morgan fingerprint density at radius 2 is 1.67 bits per heavy atom. The van der Waals surface area contributed by atoms with Gasteiger partial charge in [0, 0.05) is 6.42 Å². The number of carbonyl (C=O) groups is 1. The van der Waals surface area contributed by atoms with E-state index in [1.165, 1.54) is 0 Å². The lowest BCUT2D eigenvalue weighted by atomic mass is 10.1. The Morgan fingerprint density at radius 3 is 2.33 bits per heavy atom. The van der Waals surface area contributed by atoms with Gasteiger partial charge in [-0.15, -0.1) is 4.91 Å². The molecular formula is C17H17NO3. The average Bonchev–Trinajstić information content (AvgIpc) is 2.54. The van der Waals surface area contributed by atoms with Crippen molar-refractivity contribution in [2.45, 2.75) is 25.9 Å². The van der Waals surface area contributed by atoms with Gasteiger partial charge in [0.1, 0.15) is 12.3 Å².